The van der Waals surface area contributed by atoms with Crippen LogP contribution >= 0.6 is 33.0 Å². The van der Waals surface area contributed by atoms with Gasteiger partial charge in [0.1, 0.15) is 33.0 Å². The third-order valence-corrected chi connectivity index (χ3v) is 4.51. The van der Waals surface area contributed by atoms with Crippen molar-refractivity contribution in [2.45, 2.75) is 45.4 Å². The molecule has 0 spiro atoms. The minimum absolute atomic E-state index is 0. The van der Waals surface area contributed by atoms with E-state index >= 15 is 0 Å². The maximum Gasteiger partial charge on any atom is 1.00 e. The Morgan fingerprint density at radius 2 is 0.889 bits per heavy atom. The first-order valence-corrected chi connectivity index (χ1v) is 11.4. The molecule has 0 bridgehead atoms. The molecule has 0 aromatic rings. The zero-order valence-corrected chi connectivity index (χ0v) is 28.5. The van der Waals surface area contributed by atoms with Crippen LogP contribution in [0.5, 0.6) is 0 Å². The third-order valence-electron chi connectivity index (χ3n) is 1.85. The second-order valence-electron chi connectivity index (χ2n) is 3.70. The number of hydrogen-bond acceptors (Lipinski definition) is 11. The van der Waals surface area contributed by atoms with Crippen LogP contribution in [-0.2, 0) is 26.9 Å². The predicted molar refractivity (Wildman–Crippen MR) is 78.6 cm³/mol. The summed E-state index contributed by atoms with van der Waals surface area (Å²) in [6.07, 6.45) is 7.50. The Bertz CT molecular complexity index is 311. The average Bonchev–Trinajstić information content (AvgIpc) is 2.36. The van der Waals surface area contributed by atoms with Gasteiger partial charge in [0.15, 0.2) is 0 Å². The molecular weight excluding hydrogens is 488 g/mol. The van der Waals surface area contributed by atoms with E-state index in [0.29, 0.717) is 6.61 Å². The number of rotatable bonds is 10. The molecule has 144 valence electrons. The van der Waals surface area contributed by atoms with Crippen molar-refractivity contribution in [3.05, 3.63) is 0 Å². The van der Waals surface area contributed by atoms with E-state index in [-0.39, 0.29) is 118 Å². The third kappa shape index (κ3) is 72.3. The van der Waals surface area contributed by atoms with E-state index in [1.807, 2.05) is 0 Å². The molecule has 0 rings (SSSR count). The molecule has 0 saturated carbocycles. The molecule has 0 aliphatic heterocycles. The van der Waals surface area contributed by atoms with Crippen molar-refractivity contribution in [1.82, 2.24) is 0 Å². The second kappa shape index (κ2) is 40.9. The van der Waals surface area contributed by atoms with Crippen LogP contribution in [0.15, 0.2) is 0 Å². The summed E-state index contributed by atoms with van der Waals surface area (Å²) >= 11 is 0. The summed E-state index contributed by atoms with van der Waals surface area (Å²) in [6.45, 7) is 2.58. The Balaban J connectivity index is -0.0000000418. The molecule has 0 radical (unpaired) electrons. The summed E-state index contributed by atoms with van der Waals surface area (Å²) in [5.74, 6) is 0. The first kappa shape index (κ1) is 48.9. The molecule has 0 saturated heterocycles. The normalized spacial score (nSPS) is 13.0. The van der Waals surface area contributed by atoms with Crippen molar-refractivity contribution in [3.63, 3.8) is 0 Å². The van der Waals surface area contributed by atoms with Crippen molar-refractivity contribution in [2.75, 3.05) is 6.61 Å². The van der Waals surface area contributed by atoms with Crippen LogP contribution in [0.25, 0.3) is 0 Å². The molecule has 11 nitrogen and oxygen atoms in total. The van der Waals surface area contributed by atoms with E-state index in [2.05, 4.69) is 15.5 Å². The molecule has 4 atom stereocenters. The van der Waals surface area contributed by atoms with Crippen molar-refractivity contribution in [3.8, 4) is 0 Å². The molecule has 1 N–H and O–H groups in total. The van der Waals surface area contributed by atoms with Gasteiger partial charge in [-0.1, -0.05) is 39.0 Å². The summed E-state index contributed by atoms with van der Waals surface area (Å²) in [6, 6.07) is 0. The van der Waals surface area contributed by atoms with Gasteiger partial charge in [-0.15, -0.1) is 0 Å². The fourth-order valence-electron chi connectivity index (χ4n) is 1.03. The standard InChI is InChI=1S/C8H18O.4Na.2H4O5P2/c1-2-3-4-5-6-7-8-9;;;;;2*1-6(2)5-7(3)4/h9H,2-8H2,1H3;;;;;2*6-7H,(H,1,2)(H,3,4)/q;4*+1;;/p-4. The second-order valence-corrected chi connectivity index (χ2v) is 7.33. The van der Waals surface area contributed by atoms with Crippen molar-refractivity contribution in [2.24, 2.45) is 0 Å². The fourth-order valence-corrected chi connectivity index (χ4v) is 2.12. The molecule has 0 aromatic heterocycles. The van der Waals surface area contributed by atoms with E-state index in [4.69, 9.17) is 5.11 Å². The quantitative estimate of drug-likeness (QED) is 0.166. The Labute approximate surface area is 251 Å². The van der Waals surface area contributed by atoms with Crippen LogP contribution in [0.4, 0.5) is 0 Å². The number of aliphatic hydroxyl groups excluding tert-OH is 1. The fraction of sp³-hybridized carbons (Fsp3) is 1.00. The molecular formula is C8H22Na4O11P4. The molecule has 19 heteroatoms. The number of hydrogen-bond donors (Lipinski definition) is 1. The van der Waals surface area contributed by atoms with Crippen LogP contribution < -0.4 is 138 Å². The number of aliphatic hydroxyl groups is 1. The summed E-state index contributed by atoms with van der Waals surface area (Å²) in [5.41, 5.74) is 0. The van der Waals surface area contributed by atoms with Gasteiger partial charge in [0.2, 0.25) is 0 Å². The summed E-state index contributed by atoms with van der Waals surface area (Å²) < 4.78 is 43.6. The van der Waals surface area contributed by atoms with Gasteiger partial charge in [-0.25, -0.2) is 0 Å². The molecule has 0 aliphatic carbocycles. The first-order valence-electron chi connectivity index (χ1n) is 6.47. The maximum absolute atomic E-state index is 9.29. The topological polar surface area (TPSA) is 199 Å². The molecule has 0 aromatic carbocycles. The van der Waals surface area contributed by atoms with Gasteiger partial charge >= 0.3 is 118 Å². The van der Waals surface area contributed by atoms with Crippen LogP contribution in [-0.4, -0.2) is 11.7 Å². The summed E-state index contributed by atoms with van der Waals surface area (Å²) in [5, 5.41) is 8.42. The zero-order valence-electron chi connectivity index (χ0n) is 16.5. The van der Waals surface area contributed by atoms with E-state index in [9.17, 15) is 37.8 Å². The van der Waals surface area contributed by atoms with E-state index in [1.165, 1.54) is 32.1 Å². The van der Waals surface area contributed by atoms with E-state index < -0.39 is 33.0 Å². The van der Waals surface area contributed by atoms with Crippen LogP contribution in [0.3, 0.4) is 0 Å². The van der Waals surface area contributed by atoms with Gasteiger partial charge in [-0.2, -0.15) is 0 Å². The molecule has 0 fully saturated rings. The Morgan fingerprint density at radius 3 is 1.07 bits per heavy atom. The van der Waals surface area contributed by atoms with E-state index in [0.717, 1.165) is 6.42 Å². The SMILES string of the molecule is CCCCCCCCO.O=[PH]([O-])O[PH](=O)[O-].O=[PH]([O-])O[PH](=O)[O-].[Na+].[Na+].[Na+].[Na+]. The van der Waals surface area contributed by atoms with Crippen molar-refractivity contribution in [1.29, 1.82) is 0 Å². The molecule has 4 unspecified atom stereocenters. The molecule has 0 heterocycles. The summed E-state index contributed by atoms with van der Waals surface area (Å²) in [7, 11) is -14.1. The van der Waals surface area contributed by atoms with Crippen LogP contribution in [0.2, 0.25) is 0 Å². The van der Waals surface area contributed by atoms with Gasteiger partial charge in [-0.05, 0) is 6.42 Å². The Morgan fingerprint density at radius 1 is 0.630 bits per heavy atom. The molecule has 0 amide bonds. The van der Waals surface area contributed by atoms with Crippen molar-refractivity contribution >= 4 is 33.0 Å². The maximum atomic E-state index is 9.29. The van der Waals surface area contributed by atoms with Gasteiger partial charge in [0.25, 0.3) is 0 Å². The summed E-state index contributed by atoms with van der Waals surface area (Å²) in [4.78, 5) is 37.1. The Kier molecular flexibility index (Phi) is 74.2. The largest absolute Gasteiger partial charge is 1.00 e. The monoisotopic (exact) mass is 510 g/mol. The molecule has 27 heavy (non-hydrogen) atoms. The minimum atomic E-state index is -3.51. The van der Waals surface area contributed by atoms with E-state index in [1.54, 1.807) is 0 Å². The van der Waals surface area contributed by atoms with Gasteiger partial charge in [0, 0.05) is 6.61 Å². The van der Waals surface area contributed by atoms with Crippen LogP contribution in [0, 0.1) is 0 Å². The Hall–Kier alpha value is 4.64. The van der Waals surface area contributed by atoms with Gasteiger partial charge in [0.05, 0.1) is 0 Å². The van der Waals surface area contributed by atoms with Gasteiger partial charge in [-0.3, -0.25) is 8.62 Å². The molecule has 0 aliphatic rings. The zero-order chi connectivity index (χ0) is 18.7. The number of unbranched alkanes of at least 4 members (excludes halogenated alkanes) is 5. The predicted octanol–water partition coefficient (Wildman–Crippen LogP) is -12.6. The smallest absolute Gasteiger partial charge is 0.781 e. The van der Waals surface area contributed by atoms with Crippen LogP contribution in [0.1, 0.15) is 45.4 Å². The first-order chi connectivity index (χ1) is 10.7. The minimum Gasteiger partial charge on any atom is -0.781 e. The van der Waals surface area contributed by atoms with Gasteiger partial charge < -0.3 is 42.9 Å². The average molecular weight is 510 g/mol. The van der Waals surface area contributed by atoms with Crippen molar-refractivity contribution < 1.29 is 170 Å².